The lowest BCUT2D eigenvalue weighted by Crippen LogP contribution is -2.32. The molecule has 0 bridgehead atoms. The average Bonchev–Trinajstić information content (AvgIpc) is 2.28. The molecule has 0 aromatic heterocycles. The van der Waals surface area contributed by atoms with Gasteiger partial charge in [0.25, 0.3) is 0 Å². The van der Waals surface area contributed by atoms with Gasteiger partial charge in [0.05, 0.1) is 6.21 Å². The number of hydrogen-bond acceptors (Lipinski definition) is 4. The van der Waals surface area contributed by atoms with Gasteiger partial charge in [-0.05, 0) is 17.5 Å². The lowest BCUT2D eigenvalue weighted by Gasteiger charge is -2.06. The number of hydrazone groups is 1. The van der Waals surface area contributed by atoms with E-state index in [1.807, 2.05) is 24.3 Å². The Balaban J connectivity index is 2.64. The number of carboxylic acid groups (broad SMARTS) is 1. The van der Waals surface area contributed by atoms with Gasteiger partial charge in [-0.3, -0.25) is 4.79 Å². The second kappa shape index (κ2) is 5.87. The largest absolute Gasteiger partial charge is 0.480 e. The normalized spacial score (nSPS) is 12.6. The van der Waals surface area contributed by atoms with Crippen molar-refractivity contribution in [1.82, 2.24) is 5.43 Å². The van der Waals surface area contributed by atoms with Crippen molar-refractivity contribution in [3.05, 3.63) is 35.4 Å². The fourth-order valence-electron chi connectivity index (χ4n) is 1.22. The molecule has 0 unspecified atom stereocenters. The topological polar surface area (TPSA) is 87.7 Å². The van der Waals surface area contributed by atoms with Crippen LogP contribution in [0.4, 0.5) is 0 Å². The van der Waals surface area contributed by atoms with E-state index in [0.29, 0.717) is 6.42 Å². The van der Waals surface area contributed by atoms with Crippen LogP contribution in [0.5, 0.6) is 0 Å². The van der Waals surface area contributed by atoms with Crippen LogP contribution >= 0.6 is 0 Å². The predicted octanol–water partition coefficient (Wildman–Crippen LogP) is 0.194. The molecule has 1 atom stereocenters. The van der Waals surface area contributed by atoms with Crippen LogP contribution in [0, 0.1) is 0 Å². The van der Waals surface area contributed by atoms with Gasteiger partial charge < -0.3 is 16.3 Å². The first kappa shape index (κ1) is 12.2. The van der Waals surface area contributed by atoms with E-state index in [1.54, 1.807) is 13.3 Å². The fraction of sp³-hybridized carbons (Fsp3) is 0.273. The molecule has 86 valence electrons. The molecular formula is C11H15N3O2. The van der Waals surface area contributed by atoms with Crippen LogP contribution in [0.2, 0.25) is 0 Å². The number of nitrogens with two attached hydrogens (primary N) is 1. The molecule has 0 amide bonds. The lowest BCUT2D eigenvalue weighted by atomic mass is 10.1. The number of carbonyl (C=O) groups is 1. The molecule has 0 aliphatic heterocycles. The molecule has 0 aliphatic carbocycles. The Morgan fingerprint density at radius 1 is 1.56 bits per heavy atom. The van der Waals surface area contributed by atoms with Crippen LogP contribution < -0.4 is 11.2 Å². The number of aliphatic carboxylic acids is 1. The molecule has 5 heteroatoms. The highest BCUT2D eigenvalue weighted by Crippen LogP contribution is 2.05. The molecule has 1 rings (SSSR count). The highest BCUT2D eigenvalue weighted by Gasteiger charge is 2.11. The summed E-state index contributed by atoms with van der Waals surface area (Å²) >= 11 is 0. The molecule has 4 N–H and O–H groups in total. The first-order valence-corrected chi connectivity index (χ1v) is 4.90. The molecule has 0 radical (unpaired) electrons. The third kappa shape index (κ3) is 3.70. The summed E-state index contributed by atoms with van der Waals surface area (Å²) in [6, 6.07) is 6.58. The average molecular weight is 221 g/mol. The number of nitrogens with zero attached hydrogens (tertiary/aromatic N) is 1. The summed E-state index contributed by atoms with van der Waals surface area (Å²) in [6.45, 7) is 0. The van der Waals surface area contributed by atoms with Gasteiger partial charge in [0.15, 0.2) is 0 Å². The van der Waals surface area contributed by atoms with E-state index in [1.165, 1.54) is 0 Å². The quantitative estimate of drug-likeness (QED) is 0.489. The summed E-state index contributed by atoms with van der Waals surface area (Å²) in [7, 11) is 1.72. The number of carboxylic acids is 1. The highest BCUT2D eigenvalue weighted by molar-refractivity contribution is 5.79. The molecule has 1 aromatic rings. The van der Waals surface area contributed by atoms with Crippen molar-refractivity contribution >= 4 is 12.2 Å². The Kier molecular flexibility index (Phi) is 4.47. The zero-order valence-electron chi connectivity index (χ0n) is 9.05. The number of hydrogen-bond donors (Lipinski definition) is 3. The van der Waals surface area contributed by atoms with Crippen molar-refractivity contribution in [3.63, 3.8) is 0 Å². The van der Waals surface area contributed by atoms with E-state index >= 15 is 0 Å². The summed E-state index contributed by atoms with van der Waals surface area (Å²) in [6.07, 6.45) is 2.01. The Hall–Kier alpha value is -1.88. The Labute approximate surface area is 94.0 Å². The first-order valence-electron chi connectivity index (χ1n) is 4.90. The number of nitrogens with one attached hydrogen (secondary N) is 1. The minimum absolute atomic E-state index is 0.332. The smallest absolute Gasteiger partial charge is 0.320 e. The van der Waals surface area contributed by atoms with Crippen LogP contribution in [0.15, 0.2) is 29.4 Å². The zero-order valence-corrected chi connectivity index (χ0v) is 9.05. The summed E-state index contributed by atoms with van der Waals surface area (Å²) in [4.78, 5) is 10.6. The highest BCUT2D eigenvalue weighted by atomic mass is 16.4. The SMILES string of the molecule is CN/N=C/c1ccc(C[C@H](N)C(=O)O)cc1. The third-order valence-electron chi connectivity index (χ3n) is 2.10. The molecular weight excluding hydrogens is 206 g/mol. The van der Waals surface area contributed by atoms with Gasteiger partial charge in [-0.15, -0.1) is 0 Å². The molecule has 5 nitrogen and oxygen atoms in total. The molecule has 0 heterocycles. The van der Waals surface area contributed by atoms with E-state index < -0.39 is 12.0 Å². The van der Waals surface area contributed by atoms with Crippen molar-refractivity contribution in [2.75, 3.05) is 7.05 Å². The van der Waals surface area contributed by atoms with Gasteiger partial charge in [0.1, 0.15) is 6.04 Å². The van der Waals surface area contributed by atoms with Gasteiger partial charge in [-0.25, -0.2) is 0 Å². The maximum atomic E-state index is 10.6. The second-order valence-corrected chi connectivity index (χ2v) is 3.37. The Morgan fingerprint density at radius 2 is 2.19 bits per heavy atom. The fourth-order valence-corrected chi connectivity index (χ4v) is 1.22. The summed E-state index contributed by atoms with van der Waals surface area (Å²) in [5, 5.41) is 12.5. The molecule has 0 fully saturated rings. The molecule has 1 aromatic carbocycles. The van der Waals surface area contributed by atoms with Gasteiger partial charge >= 0.3 is 5.97 Å². The van der Waals surface area contributed by atoms with E-state index in [4.69, 9.17) is 10.8 Å². The van der Waals surface area contributed by atoms with Crippen LogP contribution in [0.25, 0.3) is 0 Å². The van der Waals surface area contributed by atoms with Crippen molar-refractivity contribution < 1.29 is 9.90 Å². The summed E-state index contributed by atoms with van der Waals surface area (Å²) in [5.41, 5.74) is 9.93. The summed E-state index contributed by atoms with van der Waals surface area (Å²) < 4.78 is 0. The monoisotopic (exact) mass is 221 g/mol. The minimum atomic E-state index is -0.985. The van der Waals surface area contributed by atoms with Crippen LogP contribution in [-0.4, -0.2) is 30.4 Å². The minimum Gasteiger partial charge on any atom is -0.480 e. The number of benzene rings is 1. The van der Waals surface area contributed by atoms with E-state index in [9.17, 15) is 4.79 Å². The lowest BCUT2D eigenvalue weighted by molar-refractivity contribution is -0.138. The first-order chi connectivity index (χ1) is 7.63. The standard InChI is InChI=1S/C11H15N3O2/c1-13-14-7-9-4-2-8(3-5-9)6-10(12)11(15)16/h2-5,7,10,13H,6,12H2,1H3,(H,15,16)/b14-7+/t10-/m0/s1. The van der Waals surface area contributed by atoms with Crippen molar-refractivity contribution in [3.8, 4) is 0 Å². The second-order valence-electron chi connectivity index (χ2n) is 3.37. The van der Waals surface area contributed by atoms with Crippen LogP contribution in [0.1, 0.15) is 11.1 Å². The van der Waals surface area contributed by atoms with Gasteiger partial charge in [-0.2, -0.15) is 5.10 Å². The summed E-state index contributed by atoms with van der Waals surface area (Å²) in [5.74, 6) is -0.985. The maximum Gasteiger partial charge on any atom is 0.320 e. The van der Waals surface area contributed by atoms with Gasteiger partial charge in [0.2, 0.25) is 0 Å². The maximum absolute atomic E-state index is 10.6. The Bertz CT molecular complexity index is 373. The Morgan fingerprint density at radius 3 is 2.69 bits per heavy atom. The van der Waals surface area contributed by atoms with Crippen molar-refractivity contribution in [2.45, 2.75) is 12.5 Å². The molecule has 0 saturated heterocycles. The predicted molar refractivity (Wildman–Crippen MR) is 62.4 cm³/mol. The van der Waals surface area contributed by atoms with E-state index in [2.05, 4.69) is 10.5 Å². The zero-order chi connectivity index (χ0) is 12.0. The van der Waals surface area contributed by atoms with Crippen molar-refractivity contribution in [2.24, 2.45) is 10.8 Å². The van der Waals surface area contributed by atoms with Gasteiger partial charge in [-0.1, -0.05) is 24.3 Å². The number of rotatable bonds is 5. The van der Waals surface area contributed by atoms with Crippen LogP contribution in [-0.2, 0) is 11.2 Å². The molecule has 0 spiro atoms. The van der Waals surface area contributed by atoms with Gasteiger partial charge in [0, 0.05) is 7.05 Å². The molecule has 0 aliphatic rings. The van der Waals surface area contributed by atoms with E-state index in [-0.39, 0.29) is 0 Å². The third-order valence-corrected chi connectivity index (χ3v) is 2.10. The molecule has 0 saturated carbocycles. The van der Waals surface area contributed by atoms with Crippen molar-refractivity contribution in [1.29, 1.82) is 0 Å². The molecule has 16 heavy (non-hydrogen) atoms. The van der Waals surface area contributed by atoms with Crippen LogP contribution in [0.3, 0.4) is 0 Å². The van der Waals surface area contributed by atoms with E-state index in [0.717, 1.165) is 11.1 Å².